The summed E-state index contributed by atoms with van der Waals surface area (Å²) in [6, 6.07) is 29.5. The van der Waals surface area contributed by atoms with Crippen LogP contribution in [-0.2, 0) is 27.2 Å². The molecular weight excluding hydrogens is 586 g/mol. The van der Waals surface area contributed by atoms with E-state index in [1.807, 2.05) is 66.7 Å². The molecular formula is C34H39N5O5Si. The molecule has 1 aliphatic rings. The topological polar surface area (TPSA) is 120 Å². The van der Waals surface area contributed by atoms with Crippen LogP contribution in [0.3, 0.4) is 0 Å². The predicted molar refractivity (Wildman–Crippen MR) is 176 cm³/mol. The molecule has 10 nitrogen and oxygen atoms in total. The molecule has 234 valence electrons. The first-order chi connectivity index (χ1) is 21.7. The molecule has 4 aromatic rings. The van der Waals surface area contributed by atoms with Gasteiger partial charge >= 0.3 is 5.69 Å². The fraction of sp³-hybridized carbons (Fsp3) is 0.353. The molecule has 45 heavy (non-hydrogen) atoms. The van der Waals surface area contributed by atoms with Crippen molar-refractivity contribution in [3.05, 3.63) is 140 Å². The van der Waals surface area contributed by atoms with E-state index in [-0.39, 0.29) is 31.4 Å². The quantitative estimate of drug-likeness (QED) is 0.100. The number of ether oxygens (including phenoxy) is 2. The van der Waals surface area contributed by atoms with E-state index in [0.717, 1.165) is 20.5 Å². The van der Waals surface area contributed by atoms with E-state index in [0.29, 0.717) is 5.56 Å². The van der Waals surface area contributed by atoms with Crippen LogP contribution in [0.5, 0.6) is 0 Å². The lowest BCUT2D eigenvalue weighted by Crippen LogP contribution is -2.67. The Morgan fingerprint density at radius 2 is 1.53 bits per heavy atom. The Hall–Kier alpha value is -4.25. The van der Waals surface area contributed by atoms with E-state index in [9.17, 15) is 15.1 Å². The van der Waals surface area contributed by atoms with Gasteiger partial charge in [-0.1, -0.05) is 117 Å². The third-order valence-corrected chi connectivity index (χ3v) is 13.3. The largest absolute Gasteiger partial charge is 0.405 e. The standard InChI is InChI=1S/C34H39N5O5Si/c1-25-21-38(33(41)39(32(25)40)24-42-22-26-14-8-5-9-15-26)31-20-29(36-37-35)30(44-31)23-43-45(34(2,3)4,27-16-10-6-11-17-27)28-18-12-7-13-19-28/h5-19,21,29-31H,20,22-24H2,1-4H3/t29-,30+,31+/m0/s1. The second kappa shape index (κ2) is 13.8. The van der Waals surface area contributed by atoms with Gasteiger partial charge in [0.15, 0.2) is 0 Å². The van der Waals surface area contributed by atoms with E-state index in [1.54, 1.807) is 6.92 Å². The van der Waals surface area contributed by atoms with E-state index in [2.05, 4.69) is 55.1 Å². The van der Waals surface area contributed by atoms with Crippen LogP contribution < -0.4 is 21.6 Å². The first-order valence-electron chi connectivity index (χ1n) is 15.0. The molecule has 0 radical (unpaired) electrons. The van der Waals surface area contributed by atoms with Crippen LogP contribution in [0.25, 0.3) is 10.4 Å². The molecule has 3 aromatic carbocycles. The highest BCUT2D eigenvalue weighted by molar-refractivity contribution is 6.99. The van der Waals surface area contributed by atoms with E-state index in [1.165, 1.54) is 10.8 Å². The van der Waals surface area contributed by atoms with Crippen molar-refractivity contribution < 1.29 is 13.9 Å². The van der Waals surface area contributed by atoms with Crippen molar-refractivity contribution in [1.29, 1.82) is 0 Å². The molecule has 1 aliphatic heterocycles. The average molecular weight is 626 g/mol. The van der Waals surface area contributed by atoms with Crippen LogP contribution in [0.2, 0.25) is 5.04 Å². The fourth-order valence-electron chi connectivity index (χ4n) is 6.10. The minimum atomic E-state index is -2.90. The molecule has 1 fully saturated rings. The van der Waals surface area contributed by atoms with Gasteiger partial charge in [-0.05, 0) is 33.4 Å². The number of rotatable bonds is 11. The van der Waals surface area contributed by atoms with Gasteiger partial charge in [0.1, 0.15) is 13.0 Å². The summed E-state index contributed by atoms with van der Waals surface area (Å²) < 4.78 is 21.7. The number of nitrogens with zero attached hydrogens (tertiary/aromatic N) is 5. The summed E-state index contributed by atoms with van der Waals surface area (Å²) in [5, 5.41) is 6.02. The number of hydrogen-bond donors (Lipinski definition) is 0. The van der Waals surface area contributed by atoms with Crippen LogP contribution in [0.4, 0.5) is 0 Å². The normalized spacial score (nSPS) is 18.4. The monoisotopic (exact) mass is 625 g/mol. The lowest BCUT2D eigenvalue weighted by Gasteiger charge is -2.43. The number of aromatic nitrogens is 2. The minimum absolute atomic E-state index is 0.154. The molecule has 2 heterocycles. The summed E-state index contributed by atoms with van der Waals surface area (Å²) in [6.07, 6.45) is 0.373. The van der Waals surface area contributed by atoms with E-state index >= 15 is 0 Å². The van der Waals surface area contributed by atoms with Gasteiger partial charge in [0.2, 0.25) is 0 Å². The van der Waals surface area contributed by atoms with Crippen molar-refractivity contribution >= 4 is 18.7 Å². The Bertz CT molecular complexity index is 1710. The van der Waals surface area contributed by atoms with Crippen LogP contribution in [0.15, 0.2) is 112 Å². The fourth-order valence-corrected chi connectivity index (χ4v) is 10.7. The Kier molecular flexibility index (Phi) is 9.86. The van der Waals surface area contributed by atoms with Crippen LogP contribution >= 0.6 is 0 Å². The first-order valence-corrected chi connectivity index (χ1v) is 17.0. The molecule has 0 spiro atoms. The van der Waals surface area contributed by atoms with E-state index < -0.39 is 37.9 Å². The van der Waals surface area contributed by atoms with E-state index in [4.69, 9.17) is 13.9 Å². The Morgan fingerprint density at radius 3 is 2.09 bits per heavy atom. The zero-order valence-corrected chi connectivity index (χ0v) is 27.1. The molecule has 0 aliphatic carbocycles. The lowest BCUT2D eigenvalue weighted by atomic mass is 10.1. The van der Waals surface area contributed by atoms with Crippen molar-refractivity contribution in [2.75, 3.05) is 6.61 Å². The van der Waals surface area contributed by atoms with Crippen LogP contribution in [-0.4, -0.2) is 36.2 Å². The number of benzene rings is 3. The summed E-state index contributed by atoms with van der Waals surface area (Å²) in [5.41, 5.74) is 9.74. The molecule has 1 aromatic heterocycles. The van der Waals surface area contributed by atoms with Gasteiger partial charge < -0.3 is 13.9 Å². The molecule has 0 amide bonds. The van der Waals surface area contributed by atoms with Gasteiger partial charge in [0.25, 0.3) is 13.9 Å². The summed E-state index contributed by atoms with van der Waals surface area (Å²) in [7, 11) is -2.90. The zero-order chi connectivity index (χ0) is 32.0. The third-order valence-electron chi connectivity index (χ3n) is 8.29. The smallest absolute Gasteiger partial charge is 0.335 e. The van der Waals surface area contributed by atoms with Crippen molar-refractivity contribution in [1.82, 2.24) is 9.13 Å². The van der Waals surface area contributed by atoms with Gasteiger partial charge in [-0.15, -0.1) is 0 Å². The van der Waals surface area contributed by atoms with Crippen molar-refractivity contribution in [2.24, 2.45) is 5.11 Å². The number of aryl methyl sites for hydroxylation is 1. The predicted octanol–water partition coefficient (Wildman–Crippen LogP) is 5.04. The lowest BCUT2D eigenvalue weighted by molar-refractivity contribution is -0.0262. The highest BCUT2D eigenvalue weighted by Crippen LogP contribution is 2.38. The second-order valence-corrected chi connectivity index (χ2v) is 16.6. The molecule has 5 rings (SSSR count). The van der Waals surface area contributed by atoms with Gasteiger partial charge in [0, 0.05) is 23.1 Å². The van der Waals surface area contributed by atoms with Crippen molar-refractivity contribution in [3.8, 4) is 0 Å². The van der Waals surface area contributed by atoms with Gasteiger partial charge in [-0.25, -0.2) is 9.36 Å². The highest BCUT2D eigenvalue weighted by atomic mass is 28.4. The highest BCUT2D eigenvalue weighted by Gasteiger charge is 2.51. The van der Waals surface area contributed by atoms with Crippen LogP contribution in [0.1, 0.15) is 44.5 Å². The third kappa shape index (κ3) is 6.73. The second-order valence-electron chi connectivity index (χ2n) is 12.3. The van der Waals surface area contributed by atoms with Crippen molar-refractivity contribution in [2.45, 2.75) is 70.9 Å². The molecule has 0 saturated carbocycles. The van der Waals surface area contributed by atoms with Gasteiger partial charge in [-0.3, -0.25) is 9.36 Å². The Labute approximate surface area is 263 Å². The molecule has 3 atom stereocenters. The number of hydrogen-bond acceptors (Lipinski definition) is 6. The molecule has 0 N–H and O–H groups in total. The summed E-state index contributed by atoms with van der Waals surface area (Å²) in [5.74, 6) is 0. The molecule has 11 heteroatoms. The summed E-state index contributed by atoms with van der Waals surface area (Å²) in [4.78, 5) is 29.6. The first kappa shape index (κ1) is 32.1. The minimum Gasteiger partial charge on any atom is -0.405 e. The average Bonchev–Trinajstić information content (AvgIpc) is 3.44. The molecule has 1 saturated heterocycles. The maximum absolute atomic E-state index is 13.6. The Balaban J connectivity index is 1.43. The zero-order valence-electron chi connectivity index (χ0n) is 26.1. The van der Waals surface area contributed by atoms with Crippen LogP contribution in [0, 0.1) is 6.92 Å². The summed E-state index contributed by atoms with van der Waals surface area (Å²) in [6.45, 7) is 8.41. The molecule has 0 bridgehead atoms. The molecule has 0 unspecified atom stereocenters. The maximum Gasteiger partial charge on any atom is 0.335 e. The SMILES string of the molecule is Cc1cn([C@H]2C[C@H](N=[N+]=[N-])[C@@H](CO[Si](c3ccccc3)(c3ccccc3)C(C)(C)C)O2)c(=O)n(COCc2ccccc2)c1=O. The van der Waals surface area contributed by atoms with Gasteiger partial charge in [0.05, 0.1) is 25.4 Å². The Morgan fingerprint density at radius 1 is 0.956 bits per heavy atom. The maximum atomic E-state index is 13.6. The van der Waals surface area contributed by atoms with Crippen molar-refractivity contribution in [3.63, 3.8) is 0 Å². The van der Waals surface area contributed by atoms with Gasteiger partial charge in [-0.2, -0.15) is 0 Å². The number of azide groups is 1. The summed E-state index contributed by atoms with van der Waals surface area (Å²) >= 11 is 0.